The molecular formula is C11H15ClO2. The van der Waals surface area contributed by atoms with Crippen molar-refractivity contribution in [2.75, 3.05) is 7.11 Å². The van der Waals surface area contributed by atoms with Gasteiger partial charge in [-0.25, -0.2) is 0 Å². The minimum atomic E-state index is -0.389. The lowest BCUT2D eigenvalue weighted by atomic mass is 10.1. The van der Waals surface area contributed by atoms with Gasteiger partial charge in [0.1, 0.15) is 5.75 Å². The number of hydrogen-bond acceptors (Lipinski definition) is 2. The van der Waals surface area contributed by atoms with Gasteiger partial charge in [-0.3, -0.25) is 0 Å². The number of methoxy groups -OCH3 is 1. The van der Waals surface area contributed by atoms with Crippen LogP contribution in [0.5, 0.6) is 5.75 Å². The van der Waals surface area contributed by atoms with E-state index in [0.29, 0.717) is 11.4 Å². The van der Waals surface area contributed by atoms with Crippen molar-refractivity contribution in [3.63, 3.8) is 0 Å². The van der Waals surface area contributed by atoms with Crippen molar-refractivity contribution < 1.29 is 9.84 Å². The molecule has 1 rings (SSSR count). The molecule has 1 aromatic rings. The van der Waals surface area contributed by atoms with Crippen molar-refractivity contribution in [1.29, 1.82) is 0 Å². The second kappa shape index (κ2) is 4.67. The third-order valence-electron chi connectivity index (χ3n) is 2.08. The van der Waals surface area contributed by atoms with Gasteiger partial charge >= 0.3 is 0 Å². The Hall–Kier alpha value is -0.730. The first-order chi connectivity index (χ1) is 6.54. The highest BCUT2D eigenvalue weighted by Crippen LogP contribution is 2.27. The van der Waals surface area contributed by atoms with E-state index in [1.165, 1.54) is 0 Å². The molecule has 0 spiro atoms. The van der Waals surface area contributed by atoms with Crippen LogP contribution in [0.25, 0.3) is 0 Å². The van der Waals surface area contributed by atoms with E-state index in [9.17, 15) is 5.11 Å². The molecule has 1 aromatic carbocycles. The van der Waals surface area contributed by atoms with Crippen LogP contribution in [0.2, 0.25) is 5.02 Å². The highest BCUT2D eigenvalue weighted by atomic mass is 35.5. The lowest BCUT2D eigenvalue weighted by Gasteiger charge is -2.11. The van der Waals surface area contributed by atoms with Crippen LogP contribution < -0.4 is 4.74 Å². The van der Waals surface area contributed by atoms with Crippen LogP contribution in [0.3, 0.4) is 0 Å². The van der Waals surface area contributed by atoms with Gasteiger partial charge in [-0.15, -0.1) is 0 Å². The first-order valence-electron chi connectivity index (χ1n) is 4.55. The smallest absolute Gasteiger partial charge is 0.122 e. The molecule has 2 nitrogen and oxygen atoms in total. The molecule has 1 atom stereocenters. The summed E-state index contributed by atoms with van der Waals surface area (Å²) in [6.45, 7) is 3.68. The fraction of sp³-hybridized carbons (Fsp3) is 0.455. The molecule has 78 valence electrons. The summed E-state index contributed by atoms with van der Waals surface area (Å²) in [5, 5.41) is 9.95. The Bertz CT molecular complexity index is 321. The van der Waals surface area contributed by atoms with Gasteiger partial charge in [0.15, 0.2) is 0 Å². The molecule has 0 aliphatic rings. The van der Waals surface area contributed by atoms with E-state index in [1.807, 2.05) is 19.1 Å². The Labute approximate surface area is 89.5 Å². The molecule has 0 saturated carbocycles. The fourth-order valence-corrected chi connectivity index (χ4v) is 1.68. The first-order valence-corrected chi connectivity index (χ1v) is 4.93. The number of benzene rings is 1. The van der Waals surface area contributed by atoms with E-state index in [2.05, 4.69) is 0 Å². The average Bonchev–Trinajstić information content (AvgIpc) is 2.09. The van der Waals surface area contributed by atoms with Gasteiger partial charge in [0.25, 0.3) is 0 Å². The van der Waals surface area contributed by atoms with Gasteiger partial charge in [0.2, 0.25) is 0 Å². The van der Waals surface area contributed by atoms with Crippen molar-refractivity contribution >= 4 is 11.6 Å². The zero-order chi connectivity index (χ0) is 10.7. The van der Waals surface area contributed by atoms with Gasteiger partial charge in [-0.2, -0.15) is 0 Å². The Morgan fingerprint density at radius 1 is 1.50 bits per heavy atom. The van der Waals surface area contributed by atoms with E-state index in [0.717, 1.165) is 16.9 Å². The van der Waals surface area contributed by atoms with E-state index in [4.69, 9.17) is 16.3 Å². The fourth-order valence-electron chi connectivity index (χ4n) is 1.39. The Morgan fingerprint density at radius 3 is 2.64 bits per heavy atom. The quantitative estimate of drug-likeness (QED) is 0.838. The summed E-state index contributed by atoms with van der Waals surface area (Å²) in [7, 11) is 1.63. The van der Waals surface area contributed by atoms with Crippen molar-refractivity contribution in [2.45, 2.75) is 26.4 Å². The summed E-state index contributed by atoms with van der Waals surface area (Å²) in [6, 6.07) is 3.74. The molecule has 1 N–H and O–H groups in total. The van der Waals surface area contributed by atoms with Crippen molar-refractivity contribution in [3.05, 3.63) is 28.3 Å². The first kappa shape index (κ1) is 11.3. The van der Waals surface area contributed by atoms with Crippen LogP contribution in [-0.2, 0) is 6.42 Å². The molecule has 0 aliphatic heterocycles. The highest BCUT2D eigenvalue weighted by Gasteiger charge is 2.08. The number of halogens is 1. The standard InChI is InChI=1S/C11H15ClO2/c1-7-4-10(12)9(5-8(2)13)6-11(7)14-3/h4,6,8,13H,5H2,1-3H3. The van der Waals surface area contributed by atoms with E-state index >= 15 is 0 Å². The lowest BCUT2D eigenvalue weighted by Crippen LogP contribution is -2.05. The average molecular weight is 215 g/mol. The van der Waals surface area contributed by atoms with Crippen LogP contribution in [0, 0.1) is 6.92 Å². The summed E-state index contributed by atoms with van der Waals surface area (Å²) in [4.78, 5) is 0. The van der Waals surface area contributed by atoms with Crippen molar-refractivity contribution in [1.82, 2.24) is 0 Å². The Balaban J connectivity index is 3.04. The van der Waals surface area contributed by atoms with Crippen LogP contribution in [0.4, 0.5) is 0 Å². The zero-order valence-corrected chi connectivity index (χ0v) is 9.43. The second-order valence-corrected chi connectivity index (χ2v) is 3.87. The number of hydrogen-bond donors (Lipinski definition) is 1. The van der Waals surface area contributed by atoms with Gasteiger partial charge in [-0.1, -0.05) is 11.6 Å². The highest BCUT2D eigenvalue weighted by molar-refractivity contribution is 6.31. The van der Waals surface area contributed by atoms with Gasteiger partial charge < -0.3 is 9.84 Å². The van der Waals surface area contributed by atoms with Crippen LogP contribution >= 0.6 is 11.6 Å². The predicted octanol–water partition coefficient (Wildman–Crippen LogP) is 2.58. The van der Waals surface area contributed by atoms with Crippen LogP contribution in [0.15, 0.2) is 12.1 Å². The van der Waals surface area contributed by atoms with Gasteiger partial charge in [-0.05, 0) is 43.5 Å². The van der Waals surface area contributed by atoms with Crippen LogP contribution in [-0.4, -0.2) is 18.3 Å². The zero-order valence-electron chi connectivity index (χ0n) is 8.67. The van der Waals surface area contributed by atoms with Crippen molar-refractivity contribution in [3.8, 4) is 5.75 Å². The summed E-state index contributed by atoms with van der Waals surface area (Å²) in [6.07, 6.45) is 0.162. The number of aliphatic hydroxyl groups excluding tert-OH is 1. The molecule has 14 heavy (non-hydrogen) atoms. The van der Waals surface area contributed by atoms with Gasteiger partial charge in [0.05, 0.1) is 13.2 Å². The molecular weight excluding hydrogens is 200 g/mol. The molecule has 0 radical (unpaired) electrons. The molecule has 0 bridgehead atoms. The molecule has 0 aromatic heterocycles. The van der Waals surface area contributed by atoms with Crippen molar-refractivity contribution in [2.24, 2.45) is 0 Å². The summed E-state index contributed by atoms with van der Waals surface area (Å²) < 4.78 is 5.18. The SMILES string of the molecule is COc1cc(CC(C)O)c(Cl)cc1C. The number of rotatable bonds is 3. The van der Waals surface area contributed by atoms with E-state index in [-0.39, 0.29) is 6.10 Å². The normalized spacial score (nSPS) is 12.6. The molecule has 3 heteroatoms. The molecule has 0 aliphatic carbocycles. The minimum absolute atomic E-state index is 0.389. The summed E-state index contributed by atoms with van der Waals surface area (Å²) >= 11 is 6.04. The third kappa shape index (κ3) is 2.63. The maximum absolute atomic E-state index is 9.26. The van der Waals surface area contributed by atoms with E-state index < -0.39 is 0 Å². The maximum Gasteiger partial charge on any atom is 0.122 e. The van der Waals surface area contributed by atoms with Gasteiger partial charge in [0, 0.05) is 5.02 Å². The maximum atomic E-state index is 9.26. The molecule has 0 heterocycles. The molecule has 1 unspecified atom stereocenters. The number of aryl methyl sites for hydroxylation is 1. The third-order valence-corrected chi connectivity index (χ3v) is 2.43. The largest absolute Gasteiger partial charge is 0.496 e. The topological polar surface area (TPSA) is 29.5 Å². The second-order valence-electron chi connectivity index (χ2n) is 3.47. The molecule has 0 fully saturated rings. The summed E-state index contributed by atoms with van der Waals surface area (Å²) in [5.41, 5.74) is 1.93. The predicted molar refractivity (Wildman–Crippen MR) is 58.1 cm³/mol. The number of ether oxygens (including phenoxy) is 1. The minimum Gasteiger partial charge on any atom is -0.496 e. The monoisotopic (exact) mass is 214 g/mol. The molecule has 0 amide bonds. The number of aliphatic hydroxyl groups is 1. The molecule has 0 saturated heterocycles. The van der Waals surface area contributed by atoms with E-state index in [1.54, 1.807) is 14.0 Å². The summed E-state index contributed by atoms with van der Waals surface area (Å²) in [5.74, 6) is 0.810. The Kier molecular flexibility index (Phi) is 3.78. The Morgan fingerprint density at radius 2 is 2.14 bits per heavy atom. The van der Waals surface area contributed by atoms with Crippen LogP contribution in [0.1, 0.15) is 18.1 Å². The lowest BCUT2D eigenvalue weighted by molar-refractivity contribution is 0.195.